The number of rotatable bonds is 32. The molecule has 600 valence electrons. The van der Waals surface area contributed by atoms with E-state index in [0.717, 1.165) is 10.8 Å². The summed E-state index contributed by atoms with van der Waals surface area (Å²) < 4.78 is 160. The molecule has 4 aliphatic rings. The standard InChI is InChI=1S/C67H76N11O27P3S4/c1-35(110-109-8)43-16-9-10-17-44(43)64(82)102-49-30-53(101-50(49)32-100-107(87,88)105-108(89,90)104-106(84,85)86)78-31-41(61(68)75-65(78)83)14-12-22-70-51(79)33-97-25-26-98-52(76-77-69)34-99-42-15-11-13-40(27-42)63(81)72-24-23-71-62(80)39-20-18-38(19-21-39)54-45-28-47-55(73-36(2)66(47,4)5)59(111(91,92)93)57(45)103-58-46(54)29-48-56(60(58)112(94,95)96)74-37(3)67(48,6)7/h9-11,13,15-21,27-29,31,35-37,49-50,52-53,73H,22-26,30,32-34H2,1-8H3,(H,70,79)(H,71,80)(H,72,81)(H,87,88)(H,89,90)(H2,68,75,83)(H2,84,85,86)(H,91,92,93)(H,94,95,96)/t35?,36?,37?,49?,50-,52?,53-/m1/s1. The summed E-state index contributed by atoms with van der Waals surface area (Å²) >= 11 is 0. The van der Waals surface area contributed by atoms with Gasteiger partial charge in [-0.05, 0) is 103 Å². The normalized spacial score (nSPS) is 19.4. The summed E-state index contributed by atoms with van der Waals surface area (Å²) in [5, 5.41) is 14.6. The molecule has 1 fully saturated rings. The SMILES string of the molecule is CSSC(C)c1ccccc1C(=O)OC1C[C@H](n2cc(C#CCNC(=O)COCCOC(COc3cccc(C(=O)NCCNC(=O)c4ccc(C5=c6cc7c(c(S(=O)(=O)O)c6Oc6c5cc5c(c6S(=O)(=O)O)NC(C)C5(C)C)=NC(C)C7(C)C)cc4)c3)N=[N+]=[N-])c(N)nc2=O)O[C@@H]1COP(=O)(O)OP(=O)(O)OP(=O)(O)O. The molecule has 112 heavy (non-hydrogen) atoms. The molecule has 9 atom stereocenters. The summed E-state index contributed by atoms with van der Waals surface area (Å²) in [5.41, 5.74) is 15.6. The molecule has 0 radical (unpaired) electrons. The number of hydrogen-bond acceptors (Lipinski definition) is 28. The maximum absolute atomic E-state index is 13.8. The molecule has 6 aromatic rings. The molecular formula is C67H76N11O27P3S4. The second-order valence-electron chi connectivity index (χ2n) is 26.5. The second-order valence-corrected chi connectivity index (χ2v) is 36.5. The first-order valence-corrected chi connectivity index (χ1v) is 43.7. The molecule has 4 aliphatic heterocycles. The number of nitrogen functional groups attached to an aromatic ring is 1. The number of benzene rings is 5. The highest BCUT2D eigenvalue weighted by atomic mass is 33.1. The highest BCUT2D eigenvalue weighted by molar-refractivity contribution is 8.76. The topological polar surface area (TPSA) is 562 Å². The number of esters is 1. The minimum absolute atomic E-state index is 0.0410. The predicted octanol–water partition coefficient (Wildman–Crippen LogP) is 6.37. The lowest BCUT2D eigenvalue weighted by molar-refractivity contribution is -0.126. The van der Waals surface area contributed by atoms with E-state index in [1.54, 1.807) is 49.4 Å². The molecule has 12 N–H and O–H groups in total. The molecule has 38 nitrogen and oxygen atoms in total. The zero-order chi connectivity index (χ0) is 81.8. The van der Waals surface area contributed by atoms with Crippen molar-refractivity contribution in [3.8, 4) is 29.1 Å². The third-order valence-corrected chi connectivity index (χ3v) is 26.3. The predicted molar refractivity (Wildman–Crippen MR) is 403 cm³/mol. The first kappa shape index (κ1) is 85.8. The molecule has 0 saturated carbocycles. The van der Waals surface area contributed by atoms with E-state index < -0.39 is 149 Å². The van der Waals surface area contributed by atoms with Crippen LogP contribution in [0.4, 0.5) is 11.5 Å². The monoisotopic (exact) mass is 1690 g/mol. The summed E-state index contributed by atoms with van der Waals surface area (Å²) in [6.07, 6.45) is -2.93. The second kappa shape index (κ2) is 34.6. The molecule has 10 rings (SSSR count). The van der Waals surface area contributed by atoms with Gasteiger partial charge in [-0.1, -0.05) is 103 Å². The van der Waals surface area contributed by atoms with Crippen molar-refractivity contribution in [3.05, 3.63) is 173 Å². The molecule has 1 aromatic heterocycles. The number of nitrogens with two attached hydrogens (primary N) is 1. The number of anilines is 2. The van der Waals surface area contributed by atoms with E-state index in [1.165, 1.54) is 64.1 Å². The number of azide groups is 1. The van der Waals surface area contributed by atoms with Crippen LogP contribution in [0.25, 0.3) is 16.0 Å². The van der Waals surface area contributed by atoms with Gasteiger partial charge in [-0.3, -0.25) is 37.6 Å². The summed E-state index contributed by atoms with van der Waals surface area (Å²) in [7, 11) is -24.7. The van der Waals surface area contributed by atoms with Gasteiger partial charge in [0.2, 0.25) is 5.91 Å². The van der Waals surface area contributed by atoms with Crippen molar-refractivity contribution in [1.29, 1.82) is 0 Å². The minimum atomic E-state index is -5.93. The van der Waals surface area contributed by atoms with Gasteiger partial charge in [0.15, 0.2) is 27.5 Å². The van der Waals surface area contributed by atoms with Crippen molar-refractivity contribution in [1.82, 2.24) is 25.5 Å². The molecule has 5 aromatic carbocycles. The van der Waals surface area contributed by atoms with Crippen molar-refractivity contribution in [2.45, 2.75) is 118 Å². The number of aromatic nitrogens is 2. The van der Waals surface area contributed by atoms with Crippen LogP contribution < -0.4 is 52.7 Å². The van der Waals surface area contributed by atoms with Crippen LogP contribution in [-0.2, 0) is 81.6 Å². The number of carbonyl (C=O) groups excluding carboxylic acids is 4. The average Bonchev–Trinajstić information content (AvgIpc) is 1.36. The van der Waals surface area contributed by atoms with Crippen LogP contribution in [0.3, 0.4) is 0 Å². The van der Waals surface area contributed by atoms with Gasteiger partial charge in [-0.2, -0.15) is 30.4 Å². The van der Waals surface area contributed by atoms with E-state index >= 15 is 0 Å². The summed E-state index contributed by atoms with van der Waals surface area (Å²) in [4.78, 5) is 114. The number of phosphoric ester groups is 1. The lowest BCUT2D eigenvalue weighted by atomic mass is 9.78. The van der Waals surface area contributed by atoms with Crippen LogP contribution in [-0.4, -0.2) is 168 Å². The highest BCUT2D eigenvalue weighted by Crippen LogP contribution is 2.66. The van der Waals surface area contributed by atoms with E-state index in [0.29, 0.717) is 22.3 Å². The fraction of sp³-hybridized carbons (Fsp3) is 0.388. The lowest BCUT2D eigenvalue weighted by Crippen LogP contribution is -2.34. The van der Waals surface area contributed by atoms with Crippen LogP contribution in [0, 0.1) is 11.8 Å². The third kappa shape index (κ3) is 20.1. The molecule has 7 unspecified atom stereocenters. The number of phosphoric acid groups is 3. The zero-order valence-electron chi connectivity index (χ0n) is 60.6. The van der Waals surface area contributed by atoms with Gasteiger partial charge in [0.05, 0.1) is 54.6 Å². The number of nitrogens with zero attached hydrogens (tertiary/aromatic N) is 6. The van der Waals surface area contributed by atoms with E-state index in [1.807, 2.05) is 47.8 Å². The highest BCUT2D eigenvalue weighted by Gasteiger charge is 2.48. The van der Waals surface area contributed by atoms with Gasteiger partial charge in [-0.15, -0.1) is 0 Å². The Morgan fingerprint density at radius 1 is 0.866 bits per heavy atom. The van der Waals surface area contributed by atoms with Crippen molar-refractivity contribution < 1.29 is 120 Å². The Balaban J connectivity index is 0.699. The van der Waals surface area contributed by atoms with Gasteiger partial charge in [0.25, 0.3) is 32.1 Å². The number of nitrogens with one attached hydrogen (secondary N) is 4. The first-order valence-electron chi connectivity index (χ1n) is 33.6. The summed E-state index contributed by atoms with van der Waals surface area (Å²) in [6.45, 7) is 10.3. The van der Waals surface area contributed by atoms with Gasteiger partial charge >= 0.3 is 35.1 Å². The Hall–Kier alpha value is -8.59. The number of amides is 3. The van der Waals surface area contributed by atoms with Crippen molar-refractivity contribution in [3.63, 3.8) is 0 Å². The number of ether oxygens (including phenoxy) is 6. The Morgan fingerprint density at radius 2 is 1.55 bits per heavy atom. The quantitative estimate of drug-likeness (QED) is 0.00251. The van der Waals surface area contributed by atoms with Crippen LogP contribution in [0.2, 0.25) is 0 Å². The summed E-state index contributed by atoms with van der Waals surface area (Å²) in [5.74, 6) is 1.70. The number of carbonyl (C=O) groups is 4. The van der Waals surface area contributed by atoms with Gasteiger partial charge < -0.3 is 75.0 Å². The molecular weight excluding hydrogens is 1610 g/mol. The number of fused-ring (bicyclic) bond motifs is 4. The fourth-order valence-electron chi connectivity index (χ4n) is 12.4. The maximum atomic E-state index is 13.8. The average molecular weight is 1690 g/mol. The van der Waals surface area contributed by atoms with Crippen LogP contribution in [0.15, 0.2) is 116 Å². The van der Waals surface area contributed by atoms with Crippen LogP contribution in [0.1, 0.15) is 131 Å². The Labute approximate surface area is 647 Å². The van der Waals surface area contributed by atoms with Crippen molar-refractivity contribution in [2.75, 3.05) is 70.0 Å². The molecule has 0 bridgehead atoms. The summed E-state index contributed by atoms with van der Waals surface area (Å²) in [6, 6.07) is 21.2. The molecule has 1 saturated heterocycles. The first-order chi connectivity index (χ1) is 52.5. The number of hydrogen-bond donors (Lipinski definition) is 11. The van der Waals surface area contributed by atoms with E-state index in [9.17, 15) is 78.9 Å². The largest absolute Gasteiger partial charge is 0.491 e. The molecule has 3 amide bonds. The molecule has 0 spiro atoms. The van der Waals surface area contributed by atoms with Crippen LogP contribution in [0.5, 0.6) is 17.2 Å². The van der Waals surface area contributed by atoms with E-state index in [4.69, 9.17) is 48.5 Å². The smallest absolute Gasteiger partial charge is 0.490 e. The van der Waals surface area contributed by atoms with E-state index in [-0.39, 0.29) is 118 Å². The van der Waals surface area contributed by atoms with Crippen LogP contribution >= 0.6 is 45.1 Å². The Bertz CT molecular complexity index is 5450. The lowest BCUT2D eigenvalue weighted by Gasteiger charge is -2.29. The Morgan fingerprint density at radius 3 is 2.22 bits per heavy atom. The van der Waals surface area contributed by atoms with E-state index in [2.05, 4.69) is 61.7 Å². The van der Waals surface area contributed by atoms with Gasteiger partial charge in [0, 0.05) is 80.2 Å². The zero-order valence-corrected chi connectivity index (χ0v) is 66.5. The Kier molecular flexibility index (Phi) is 26.5. The van der Waals surface area contributed by atoms with Gasteiger partial charge in [-0.25, -0.2) is 23.3 Å². The maximum Gasteiger partial charge on any atom is 0.490 e. The molecule has 45 heteroatoms. The molecule has 5 heterocycles. The van der Waals surface area contributed by atoms with Gasteiger partial charge in [0.1, 0.15) is 43.2 Å². The third-order valence-electron chi connectivity index (χ3n) is 18.5. The van der Waals surface area contributed by atoms with Crippen molar-refractivity contribution >= 4 is 106 Å². The fourth-order valence-corrected chi connectivity index (χ4v) is 18.8. The minimum Gasteiger partial charge on any atom is -0.491 e. The van der Waals surface area contributed by atoms with Crippen molar-refractivity contribution in [2.24, 2.45) is 10.1 Å². The molecule has 0 aliphatic carbocycles.